The minimum absolute atomic E-state index is 0.181. The first-order chi connectivity index (χ1) is 14.8. The van der Waals surface area contributed by atoms with Crippen molar-refractivity contribution in [3.63, 3.8) is 0 Å². The summed E-state index contributed by atoms with van der Waals surface area (Å²) < 4.78 is 5.86. The molecule has 5 nitrogen and oxygen atoms in total. The number of carbonyl (C=O) groups excluding carboxylic acids is 1. The van der Waals surface area contributed by atoms with E-state index in [-0.39, 0.29) is 5.91 Å². The minimum atomic E-state index is -0.181. The maximum absolute atomic E-state index is 11.7. The molecule has 0 atom stereocenters. The fraction of sp³-hybridized carbons (Fsp3) is 0.280. The van der Waals surface area contributed by atoms with Crippen LogP contribution in [0.15, 0.2) is 65.7 Å². The van der Waals surface area contributed by atoms with Crippen molar-refractivity contribution in [2.75, 3.05) is 44.2 Å². The molecule has 1 amide bonds. The number of nitrogens with zero attached hydrogens (tertiary/aromatic N) is 3. The van der Waals surface area contributed by atoms with Crippen LogP contribution in [-0.4, -0.2) is 56.4 Å². The van der Waals surface area contributed by atoms with Crippen LogP contribution >= 0.6 is 0 Å². The Morgan fingerprint density at radius 3 is 2.67 bits per heavy atom. The van der Waals surface area contributed by atoms with Crippen molar-refractivity contribution in [1.29, 1.82) is 0 Å². The number of piperazine rings is 1. The van der Waals surface area contributed by atoms with E-state index in [1.54, 1.807) is 12.3 Å². The van der Waals surface area contributed by atoms with Crippen molar-refractivity contribution in [2.45, 2.75) is 6.42 Å². The molecule has 0 unspecified atom stereocenters. The maximum Gasteiger partial charge on any atom is 0.277 e. The Kier molecular flexibility index (Phi) is 5.20. The zero-order valence-electron chi connectivity index (χ0n) is 17.0. The monoisotopic (exact) mass is 399 g/mol. The smallest absolute Gasteiger partial charge is 0.277 e. The van der Waals surface area contributed by atoms with Gasteiger partial charge in [0.1, 0.15) is 5.75 Å². The first kappa shape index (κ1) is 18.8. The van der Waals surface area contributed by atoms with Crippen molar-refractivity contribution in [3.8, 4) is 5.75 Å². The van der Waals surface area contributed by atoms with Crippen LogP contribution in [0.1, 0.15) is 22.3 Å². The molecule has 3 aromatic rings. The number of benzene rings is 3. The van der Waals surface area contributed by atoms with Crippen LogP contribution in [-0.2, 0) is 0 Å². The molecule has 0 aromatic heterocycles. The SMILES string of the molecule is O=C1N=Cc2ccc(OCCCN3CCN(c4cccc5ccccc45)CC3)cc21. The summed E-state index contributed by atoms with van der Waals surface area (Å²) in [5.74, 6) is 0.563. The highest BCUT2D eigenvalue weighted by atomic mass is 16.5. The van der Waals surface area contributed by atoms with Crippen LogP contribution < -0.4 is 9.64 Å². The van der Waals surface area contributed by atoms with Gasteiger partial charge in [0.05, 0.1) is 12.2 Å². The van der Waals surface area contributed by atoms with Gasteiger partial charge in [-0.25, -0.2) is 4.99 Å². The summed E-state index contributed by atoms with van der Waals surface area (Å²) in [4.78, 5) is 20.5. The number of hydrogen-bond acceptors (Lipinski definition) is 4. The molecule has 0 saturated carbocycles. The van der Waals surface area contributed by atoms with E-state index in [4.69, 9.17) is 4.74 Å². The lowest BCUT2D eigenvalue weighted by Gasteiger charge is -2.36. The van der Waals surface area contributed by atoms with Gasteiger partial charge in [0, 0.05) is 55.6 Å². The molecule has 2 aliphatic rings. The molecule has 0 aliphatic carbocycles. The largest absolute Gasteiger partial charge is 0.494 e. The molecule has 0 spiro atoms. The third kappa shape index (κ3) is 3.81. The summed E-state index contributed by atoms with van der Waals surface area (Å²) in [6.07, 6.45) is 2.58. The van der Waals surface area contributed by atoms with Crippen LogP contribution in [0.5, 0.6) is 5.75 Å². The minimum Gasteiger partial charge on any atom is -0.494 e. The Balaban J connectivity index is 1.10. The number of rotatable bonds is 6. The van der Waals surface area contributed by atoms with Crippen LogP contribution in [0.3, 0.4) is 0 Å². The van der Waals surface area contributed by atoms with Gasteiger partial charge in [-0.15, -0.1) is 0 Å². The summed E-state index contributed by atoms with van der Waals surface area (Å²) in [5, 5.41) is 2.63. The van der Waals surface area contributed by atoms with Crippen molar-refractivity contribution in [2.24, 2.45) is 4.99 Å². The van der Waals surface area contributed by atoms with Crippen molar-refractivity contribution in [1.82, 2.24) is 4.90 Å². The summed E-state index contributed by atoms with van der Waals surface area (Å²) >= 11 is 0. The zero-order chi connectivity index (χ0) is 20.3. The third-order valence-electron chi connectivity index (χ3n) is 5.94. The average Bonchev–Trinajstić information content (AvgIpc) is 3.17. The molecule has 2 heterocycles. The lowest BCUT2D eigenvalue weighted by Crippen LogP contribution is -2.46. The predicted octanol–water partition coefficient (Wildman–Crippen LogP) is 4.00. The van der Waals surface area contributed by atoms with E-state index in [0.717, 1.165) is 50.5 Å². The molecular weight excluding hydrogens is 374 g/mol. The van der Waals surface area contributed by atoms with Crippen LogP contribution in [0, 0.1) is 0 Å². The van der Waals surface area contributed by atoms with Crippen molar-refractivity contribution < 1.29 is 9.53 Å². The molecule has 152 valence electrons. The summed E-state index contributed by atoms with van der Waals surface area (Å²) in [7, 11) is 0. The Morgan fingerprint density at radius 2 is 1.77 bits per heavy atom. The second-order valence-corrected chi connectivity index (χ2v) is 7.84. The number of hydrogen-bond donors (Lipinski definition) is 0. The molecule has 5 rings (SSSR count). The van der Waals surface area contributed by atoms with Gasteiger partial charge in [-0.1, -0.05) is 36.4 Å². The van der Waals surface area contributed by atoms with Crippen molar-refractivity contribution in [3.05, 3.63) is 71.8 Å². The maximum atomic E-state index is 11.7. The molecule has 5 heteroatoms. The average molecular weight is 399 g/mol. The number of ether oxygens (including phenoxy) is 1. The quantitative estimate of drug-likeness (QED) is 0.588. The topological polar surface area (TPSA) is 45.1 Å². The zero-order valence-corrected chi connectivity index (χ0v) is 17.0. The van der Waals surface area contributed by atoms with Gasteiger partial charge in [-0.05, 0) is 36.1 Å². The van der Waals surface area contributed by atoms with E-state index in [1.165, 1.54) is 16.5 Å². The Hall–Kier alpha value is -3.18. The van der Waals surface area contributed by atoms with Crippen LogP contribution in [0.25, 0.3) is 10.8 Å². The summed E-state index contributed by atoms with van der Waals surface area (Å²) in [6, 6.07) is 20.8. The van der Waals surface area contributed by atoms with Gasteiger partial charge in [-0.2, -0.15) is 0 Å². The molecule has 2 aliphatic heterocycles. The normalized spacial score (nSPS) is 16.3. The van der Waals surface area contributed by atoms with Gasteiger partial charge in [-0.3, -0.25) is 9.69 Å². The van der Waals surface area contributed by atoms with Crippen LogP contribution in [0.2, 0.25) is 0 Å². The highest BCUT2D eigenvalue weighted by Gasteiger charge is 2.19. The number of aliphatic imine (C=N–C) groups is 1. The van der Waals surface area contributed by atoms with Gasteiger partial charge >= 0.3 is 0 Å². The molecule has 1 saturated heterocycles. The Labute approximate surface area is 176 Å². The number of fused-ring (bicyclic) bond motifs is 2. The lowest BCUT2D eigenvalue weighted by molar-refractivity contribution is 0.101. The second-order valence-electron chi connectivity index (χ2n) is 7.84. The molecular formula is C25H25N3O2. The predicted molar refractivity (Wildman–Crippen MR) is 121 cm³/mol. The molecule has 0 bridgehead atoms. The van der Waals surface area contributed by atoms with Crippen LogP contribution in [0.4, 0.5) is 5.69 Å². The fourth-order valence-corrected chi connectivity index (χ4v) is 4.30. The first-order valence-corrected chi connectivity index (χ1v) is 10.6. The van der Waals surface area contributed by atoms with E-state index in [0.29, 0.717) is 12.2 Å². The standard InChI is InChI=1S/C25H25N3O2/c29-25-23-17-21(10-9-20(23)18-26-25)30-16-4-11-27-12-14-28(15-13-27)24-8-3-6-19-5-1-2-7-22(19)24/h1-3,5-10,17-18H,4,11-16H2. The highest BCUT2D eigenvalue weighted by molar-refractivity contribution is 6.13. The van der Waals surface area contributed by atoms with Crippen molar-refractivity contribution >= 4 is 28.6 Å². The molecule has 0 radical (unpaired) electrons. The highest BCUT2D eigenvalue weighted by Crippen LogP contribution is 2.27. The lowest BCUT2D eigenvalue weighted by atomic mass is 10.1. The fourth-order valence-electron chi connectivity index (χ4n) is 4.30. The molecule has 1 fully saturated rings. The van der Waals surface area contributed by atoms with E-state index in [1.807, 2.05) is 12.1 Å². The van der Waals surface area contributed by atoms with E-state index >= 15 is 0 Å². The Morgan fingerprint density at radius 1 is 0.933 bits per heavy atom. The van der Waals surface area contributed by atoms with Gasteiger partial charge in [0.15, 0.2) is 0 Å². The van der Waals surface area contributed by atoms with Gasteiger partial charge in [0.25, 0.3) is 5.91 Å². The third-order valence-corrected chi connectivity index (χ3v) is 5.94. The number of amides is 1. The van der Waals surface area contributed by atoms with Gasteiger partial charge < -0.3 is 9.64 Å². The molecule has 0 N–H and O–H groups in total. The summed E-state index contributed by atoms with van der Waals surface area (Å²) in [5.41, 5.74) is 2.85. The van der Waals surface area contributed by atoms with E-state index in [2.05, 4.69) is 57.3 Å². The Bertz CT molecular complexity index is 1100. The number of anilines is 1. The molecule has 3 aromatic carbocycles. The second kappa shape index (κ2) is 8.28. The van der Waals surface area contributed by atoms with E-state index in [9.17, 15) is 4.79 Å². The first-order valence-electron chi connectivity index (χ1n) is 10.6. The molecule has 30 heavy (non-hydrogen) atoms. The summed E-state index contributed by atoms with van der Waals surface area (Å²) in [6.45, 7) is 5.89. The van der Waals surface area contributed by atoms with E-state index < -0.39 is 0 Å². The number of carbonyl (C=O) groups is 1. The van der Waals surface area contributed by atoms with Gasteiger partial charge in [0.2, 0.25) is 0 Å².